The quantitative estimate of drug-likeness (QED) is 0.419. The summed E-state index contributed by atoms with van der Waals surface area (Å²) in [6, 6.07) is 0. The van der Waals surface area contributed by atoms with Gasteiger partial charge in [0.2, 0.25) is 0 Å². The molecule has 0 aromatic carbocycles. The lowest BCUT2D eigenvalue weighted by molar-refractivity contribution is -0.511. The van der Waals surface area contributed by atoms with Crippen LogP contribution in [0.4, 0.5) is 0 Å². The Morgan fingerprint density at radius 2 is 2.14 bits per heavy atom. The zero-order valence-electron chi connectivity index (χ0n) is 3.96. The van der Waals surface area contributed by atoms with Gasteiger partial charge in [-0.2, -0.15) is 0 Å². The second-order valence-electron chi connectivity index (χ2n) is 1.72. The monoisotopic (exact) mass is 104 g/mol. The fourth-order valence-corrected chi connectivity index (χ4v) is 0.528. The van der Waals surface area contributed by atoms with Crippen molar-refractivity contribution >= 4 is 0 Å². The number of hydrogen-bond donors (Lipinski definition) is 1. The first-order valence-electron chi connectivity index (χ1n) is 2.40. The summed E-state index contributed by atoms with van der Waals surface area (Å²) in [7, 11) is 0. The fraction of sp³-hybridized carbons (Fsp3) is 1.00. The van der Waals surface area contributed by atoms with E-state index < -0.39 is 0 Å². The highest BCUT2D eigenvalue weighted by Crippen LogP contribution is 2.21. The number of rotatable bonds is 2. The van der Waals surface area contributed by atoms with Crippen LogP contribution in [0.15, 0.2) is 0 Å². The lowest BCUT2D eigenvalue weighted by Gasteiger charge is -2.21. The van der Waals surface area contributed by atoms with Gasteiger partial charge in [0.1, 0.15) is 0 Å². The van der Waals surface area contributed by atoms with Crippen molar-refractivity contribution in [3.05, 3.63) is 0 Å². The van der Waals surface area contributed by atoms with Crippen LogP contribution in [0.5, 0.6) is 0 Å². The molecule has 1 fully saturated rings. The summed E-state index contributed by atoms with van der Waals surface area (Å²) in [6.07, 6.45) is 3.37. The zero-order valence-corrected chi connectivity index (χ0v) is 3.96. The van der Waals surface area contributed by atoms with Gasteiger partial charge in [0.05, 0.1) is 6.10 Å². The van der Waals surface area contributed by atoms with Crippen molar-refractivity contribution in [2.75, 3.05) is 0 Å². The van der Waals surface area contributed by atoms with Gasteiger partial charge >= 0.3 is 0 Å². The van der Waals surface area contributed by atoms with Crippen molar-refractivity contribution in [1.82, 2.24) is 0 Å². The van der Waals surface area contributed by atoms with E-state index in [0.29, 0.717) is 0 Å². The molecule has 1 saturated carbocycles. The molecular weight excluding hydrogens is 96.0 g/mol. The Labute approximate surface area is 41.7 Å². The fourth-order valence-electron chi connectivity index (χ4n) is 0.528. The summed E-state index contributed by atoms with van der Waals surface area (Å²) in [5.74, 6) is 0. The topological polar surface area (TPSA) is 38.7 Å². The van der Waals surface area contributed by atoms with Crippen LogP contribution in [0.2, 0.25) is 0 Å². The molecule has 0 unspecified atom stereocenters. The maximum atomic E-state index is 7.68. The normalized spacial score (nSPS) is 21.9. The zero-order chi connectivity index (χ0) is 5.11. The van der Waals surface area contributed by atoms with Crippen molar-refractivity contribution < 1.29 is 15.2 Å². The molecule has 0 spiro atoms. The lowest BCUT2D eigenvalue weighted by Crippen LogP contribution is -2.20. The van der Waals surface area contributed by atoms with E-state index in [-0.39, 0.29) is 6.10 Å². The molecule has 0 atom stereocenters. The predicted molar refractivity (Wildman–Crippen MR) is 22.4 cm³/mol. The van der Waals surface area contributed by atoms with Crippen LogP contribution in [0.25, 0.3) is 0 Å². The van der Waals surface area contributed by atoms with Crippen molar-refractivity contribution in [3.8, 4) is 0 Å². The second-order valence-corrected chi connectivity index (χ2v) is 1.72. The minimum Gasteiger partial charge on any atom is -0.221 e. The van der Waals surface area contributed by atoms with Crippen LogP contribution in [0.3, 0.4) is 0 Å². The Kier molecular flexibility index (Phi) is 1.62. The van der Waals surface area contributed by atoms with Gasteiger partial charge in [0, 0.05) is 0 Å². The van der Waals surface area contributed by atoms with Crippen LogP contribution >= 0.6 is 0 Å². The molecule has 3 heteroatoms. The molecule has 42 valence electrons. The van der Waals surface area contributed by atoms with Crippen LogP contribution in [-0.4, -0.2) is 11.4 Å². The molecule has 1 aliphatic rings. The third-order valence-corrected chi connectivity index (χ3v) is 1.23. The maximum Gasteiger partial charge on any atom is 0.0961 e. The van der Waals surface area contributed by atoms with Crippen molar-refractivity contribution in [3.63, 3.8) is 0 Å². The first-order valence-corrected chi connectivity index (χ1v) is 2.40. The molecule has 1 N–H and O–H groups in total. The van der Waals surface area contributed by atoms with Gasteiger partial charge in [-0.25, -0.2) is 10.1 Å². The van der Waals surface area contributed by atoms with Gasteiger partial charge in [-0.05, 0) is 19.3 Å². The molecule has 0 bridgehead atoms. The van der Waals surface area contributed by atoms with E-state index in [4.69, 9.17) is 5.26 Å². The molecule has 0 amide bonds. The Bertz CT molecular complexity index is 50.9. The van der Waals surface area contributed by atoms with E-state index in [1.54, 1.807) is 0 Å². The van der Waals surface area contributed by atoms with E-state index >= 15 is 0 Å². The SMILES string of the molecule is OOOC1CCC1. The molecule has 0 heterocycles. The van der Waals surface area contributed by atoms with Crippen LogP contribution in [0, 0.1) is 0 Å². The van der Waals surface area contributed by atoms with E-state index in [0.717, 1.165) is 12.8 Å². The molecular formula is C4H8O3. The molecule has 1 rings (SSSR count). The lowest BCUT2D eigenvalue weighted by atomic mass is 9.97. The van der Waals surface area contributed by atoms with Crippen LogP contribution < -0.4 is 0 Å². The summed E-state index contributed by atoms with van der Waals surface area (Å²) in [5.41, 5.74) is 0. The first-order chi connectivity index (χ1) is 3.43. The van der Waals surface area contributed by atoms with Gasteiger partial charge in [-0.1, -0.05) is 5.04 Å². The van der Waals surface area contributed by atoms with Crippen molar-refractivity contribution in [2.24, 2.45) is 0 Å². The maximum absolute atomic E-state index is 7.68. The largest absolute Gasteiger partial charge is 0.221 e. The van der Waals surface area contributed by atoms with E-state index in [2.05, 4.69) is 9.93 Å². The summed E-state index contributed by atoms with van der Waals surface area (Å²) < 4.78 is 0. The molecule has 0 saturated heterocycles. The Balaban J connectivity index is 1.93. The van der Waals surface area contributed by atoms with Gasteiger partial charge in [0.25, 0.3) is 0 Å². The van der Waals surface area contributed by atoms with E-state index in [1.165, 1.54) is 6.42 Å². The number of hydrogen-bond acceptors (Lipinski definition) is 3. The summed E-state index contributed by atoms with van der Waals surface area (Å²) >= 11 is 0. The van der Waals surface area contributed by atoms with Crippen LogP contribution in [0.1, 0.15) is 19.3 Å². The first kappa shape index (κ1) is 5.03. The minimum absolute atomic E-state index is 0.157. The highest BCUT2D eigenvalue weighted by Gasteiger charge is 2.18. The minimum atomic E-state index is 0.157. The van der Waals surface area contributed by atoms with Gasteiger partial charge in [-0.3, -0.25) is 0 Å². The molecule has 3 nitrogen and oxygen atoms in total. The average Bonchev–Trinajstić information content (AvgIpc) is 1.55. The molecule has 0 aromatic heterocycles. The third kappa shape index (κ3) is 1.12. The van der Waals surface area contributed by atoms with Gasteiger partial charge in [0.15, 0.2) is 0 Å². The summed E-state index contributed by atoms with van der Waals surface area (Å²) in [5, 5.41) is 11.1. The van der Waals surface area contributed by atoms with Crippen molar-refractivity contribution in [2.45, 2.75) is 25.4 Å². The summed E-state index contributed by atoms with van der Waals surface area (Å²) in [6.45, 7) is 0. The van der Waals surface area contributed by atoms with Gasteiger partial charge in [-0.15, -0.1) is 0 Å². The standard InChI is InChI=1S/C4H8O3/c5-7-6-4-2-1-3-4/h4-5H,1-3H2. The highest BCUT2D eigenvalue weighted by molar-refractivity contribution is 4.66. The van der Waals surface area contributed by atoms with Crippen molar-refractivity contribution in [1.29, 1.82) is 0 Å². The Hall–Kier alpha value is -0.120. The molecule has 0 aromatic rings. The molecule has 7 heavy (non-hydrogen) atoms. The Morgan fingerprint density at radius 1 is 1.43 bits per heavy atom. The Morgan fingerprint density at radius 3 is 2.29 bits per heavy atom. The second kappa shape index (κ2) is 2.26. The molecule has 0 aliphatic heterocycles. The smallest absolute Gasteiger partial charge is 0.0961 e. The van der Waals surface area contributed by atoms with Crippen LogP contribution in [-0.2, 0) is 9.93 Å². The van der Waals surface area contributed by atoms with E-state index in [9.17, 15) is 0 Å². The average molecular weight is 104 g/mol. The third-order valence-electron chi connectivity index (χ3n) is 1.23. The molecule has 0 radical (unpaired) electrons. The highest BCUT2D eigenvalue weighted by atomic mass is 17.5. The predicted octanol–water partition coefficient (Wildman–Crippen LogP) is 0.960. The van der Waals surface area contributed by atoms with Gasteiger partial charge < -0.3 is 0 Å². The molecule has 1 aliphatic carbocycles. The van der Waals surface area contributed by atoms with E-state index in [1.807, 2.05) is 0 Å². The summed E-state index contributed by atoms with van der Waals surface area (Å²) in [4.78, 5) is 4.33.